The van der Waals surface area contributed by atoms with E-state index in [1.165, 1.54) is 6.42 Å². The summed E-state index contributed by atoms with van der Waals surface area (Å²) in [5, 5.41) is 11.3. The van der Waals surface area contributed by atoms with Crippen LogP contribution in [0, 0.1) is 17.8 Å². The van der Waals surface area contributed by atoms with Crippen LogP contribution in [0.1, 0.15) is 76.6 Å². The first-order valence-electron chi connectivity index (χ1n) is 10.4. The van der Waals surface area contributed by atoms with Crippen molar-refractivity contribution in [1.82, 2.24) is 20.4 Å². The second-order valence-electron chi connectivity index (χ2n) is 10.2. The van der Waals surface area contributed by atoms with E-state index in [0.29, 0.717) is 28.5 Å². The molecule has 0 saturated heterocycles. The van der Waals surface area contributed by atoms with Crippen LogP contribution in [0.5, 0.6) is 0 Å². The number of fused-ring (bicyclic) bond motifs is 2. The first kappa shape index (κ1) is 19.7. The number of carbonyl (C=O) groups excluding carboxylic acids is 2. The molecule has 0 spiro atoms. The predicted octanol–water partition coefficient (Wildman–Crippen LogP) is 3.49. The summed E-state index contributed by atoms with van der Waals surface area (Å²) >= 11 is 6.47. The maximum atomic E-state index is 13.0. The minimum atomic E-state index is -0.277. The lowest BCUT2D eigenvalue weighted by atomic mass is 9.75. The van der Waals surface area contributed by atoms with Gasteiger partial charge in [-0.1, -0.05) is 11.6 Å². The van der Waals surface area contributed by atoms with Crippen molar-refractivity contribution in [3.63, 3.8) is 0 Å². The van der Waals surface area contributed by atoms with Crippen molar-refractivity contribution in [3.05, 3.63) is 16.9 Å². The molecule has 3 fully saturated rings. The summed E-state index contributed by atoms with van der Waals surface area (Å²) < 4.78 is 1.69. The molecule has 28 heavy (non-hydrogen) atoms. The summed E-state index contributed by atoms with van der Waals surface area (Å²) in [5.41, 5.74) is 0.0973. The fourth-order valence-corrected chi connectivity index (χ4v) is 6.50. The molecule has 1 aromatic rings. The van der Waals surface area contributed by atoms with E-state index in [1.807, 2.05) is 20.8 Å². The molecule has 6 nitrogen and oxygen atoms in total. The van der Waals surface area contributed by atoms with E-state index in [2.05, 4.69) is 15.7 Å². The summed E-state index contributed by atoms with van der Waals surface area (Å²) in [6.07, 6.45) is 8.00. The van der Waals surface area contributed by atoms with Crippen LogP contribution in [-0.2, 0) is 10.3 Å². The van der Waals surface area contributed by atoms with Gasteiger partial charge >= 0.3 is 0 Å². The standard InChI is InChI=1S/C21H31ClN4O2/c1-12(27)25-21-8-13-5-6-17(15(10-21)14(7-13)9-21)24-19(28)16-11-23-26(18(16)22)20(2,3)4/h11,13-15,17H,5-10H2,1-4H3,(H,24,28)(H,25,27). The first-order chi connectivity index (χ1) is 13.1. The summed E-state index contributed by atoms with van der Waals surface area (Å²) in [6, 6.07) is 0.132. The molecule has 0 aromatic carbocycles. The zero-order chi connectivity index (χ0) is 20.3. The Morgan fingerprint density at radius 1 is 1.25 bits per heavy atom. The summed E-state index contributed by atoms with van der Waals surface area (Å²) in [4.78, 5) is 24.8. The number of hydrogen-bond donors (Lipinski definition) is 2. The van der Waals surface area contributed by atoms with Gasteiger partial charge in [-0.2, -0.15) is 5.10 Å². The second kappa shape index (κ2) is 6.75. The van der Waals surface area contributed by atoms with Crippen LogP contribution in [0.3, 0.4) is 0 Å². The van der Waals surface area contributed by atoms with E-state index < -0.39 is 0 Å². The normalized spacial score (nSPS) is 34.2. The molecule has 3 bridgehead atoms. The van der Waals surface area contributed by atoms with Crippen LogP contribution in [0.4, 0.5) is 0 Å². The molecule has 3 aliphatic rings. The Kier molecular flexibility index (Phi) is 4.76. The number of hydrogen-bond acceptors (Lipinski definition) is 3. The lowest BCUT2D eigenvalue weighted by molar-refractivity contribution is -0.121. The molecule has 154 valence electrons. The largest absolute Gasteiger partial charge is 0.351 e. The first-order valence-corrected chi connectivity index (χ1v) is 10.8. The maximum Gasteiger partial charge on any atom is 0.256 e. The number of nitrogens with zero attached hydrogens (tertiary/aromatic N) is 2. The Morgan fingerprint density at radius 2 is 2.00 bits per heavy atom. The quantitative estimate of drug-likeness (QED) is 0.806. The van der Waals surface area contributed by atoms with E-state index in [0.717, 1.165) is 32.1 Å². The average Bonchev–Trinajstić information content (AvgIpc) is 3.04. The molecule has 5 atom stereocenters. The smallest absolute Gasteiger partial charge is 0.256 e. The number of rotatable bonds is 3. The van der Waals surface area contributed by atoms with Crippen LogP contribution >= 0.6 is 11.6 Å². The topological polar surface area (TPSA) is 76.0 Å². The molecule has 3 saturated carbocycles. The fraction of sp³-hybridized carbons (Fsp3) is 0.762. The van der Waals surface area contributed by atoms with Crippen LogP contribution in [0.2, 0.25) is 5.15 Å². The molecule has 2 amide bonds. The highest BCUT2D eigenvalue weighted by Gasteiger charge is 2.54. The highest BCUT2D eigenvalue weighted by molar-refractivity contribution is 6.32. The van der Waals surface area contributed by atoms with Crippen molar-refractivity contribution in [2.75, 3.05) is 0 Å². The molecule has 1 heterocycles. The highest BCUT2D eigenvalue weighted by Crippen LogP contribution is 2.55. The van der Waals surface area contributed by atoms with Crippen molar-refractivity contribution in [1.29, 1.82) is 0 Å². The van der Waals surface area contributed by atoms with Crippen molar-refractivity contribution in [3.8, 4) is 0 Å². The average molecular weight is 407 g/mol. The van der Waals surface area contributed by atoms with Gasteiger partial charge in [-0.15, -0.1) is 0 Å². The molecule has 5 unspecified atom stereocenters. The zero-order valence-corrected chi connectivity index (χ0v) is 18.0. The lowest BCUT2D eigenvalue weighted by Crippen LogP contribution is -2.50. The molecular formula is C21H31ClN4O2. The molecule has 0 aliphatic heterocycles. The van der Waals surface area contributed by atoms with Gasteiger partial charge in [-0.05, 0) is 77.0 Å². The molecule has 3 aliphatic carbocycles. The van der Waals surface area contributed by atoms with Gasteiger partial charge in [-0.3, -0.25) is 9.59 Å². The Labute approximate surface area is 171 Å². The molecule has 0 radical (unpaired) electrons. The van der Waals surface area contributed by atoms with Gasteiger partial charge in [0, 0.05) is 18.5 Å². The van der Waals surface area contributed by atoms with Crippen LogP contribution < -0.4 is 10.6 Å². The molecule has 1 aromatic heterocycles. The van der Waals surface area contributed by atoms with Crippen LogP contribution in [0.25, 0.3) is 0 Å². The van der Waals surface area contributed by atoms with E-state index in [9.17, 15) is 9.59 Å². The number of amides is 2. The Morgan fingerprint density at radius 3 is 2.64 bits per heavy atom. The van der Waals surface area contributed by atoms with Gasteiger partial charge in [0.1, 0.15) is 5.15 Å². The third-order valence-corrected chi connectivity index (χ3v) is 7.32. The molecule has 2 N–H and O–H groups in total. The summed E-state index contributed by atoms with van der Waals surface area (Å²) in [6.45, 7) is 7.64. The summed E-state index contributed by atoms with van der Waals surface area (Å²) in [7, 11) is 0. The van der Waals surface area contributed by atoms with E-state index >= 15 is 0 Å². The van der Waals surface area contributed by atoms with Gasteiger partial charge in [0.25, 0.3) is 5.91 Å². The van der Waals surface area contributed by atoms with E-state index in [4.69, 9.17) is 11.6 Å². The Hall–Kier alpha value is -1.56. The third-order valence-electron chi connectivity index (χ3n) is 6.95. The highest BCUT2D eigenvalue weighted by atomic mass is 35.5. The predicted molar refractivity (Wildman–Crippen MR) is 108 cm³/mol. The SMILES string of the molecule is CC(=O)NC12CC3CCC(NC(=O)c4cnn(C(C)(C)C)c4Cl)C(C1)C(C3)C2. The number of carbonyl (C=O) groups is 2. The zero-order valence-electron chi connectivity index (χ0n) is 17.2. The molecule has 4 rings (SSSR count). The Bertz CT molecular complexity index is 799. The fourth-order valence-electron chi connectivity index (χ4n) is 6.07. The molecule has 7 heteroatoms. The van der Waals surface area contributed by atoms with Gasteiger partial charge in [0.2, 0.25) is 5.91 Å². The number of aromatic nitrogens is 2. The van der Waals surface area contributed by atoms with E-state index in [-0.39, 0.29) is 28.9 Å². The molecular weight excluding hydrogens is 376 g/mol. The van der Waals surface area contributed by atoms with Crippen molar-refractivity contribution < 1.29 is 9.59 Å². The third kappa shape index (κ3) is 3.44. The van der Waals surface area contributed by atoms with Gasteiger partial charge < -0.3 is 10.6 Å². The lowest BCUT2D eigenvalue weighted by Gasteiger charge is -2.38. The van der Waals surface area contributed by atoms with Gasteiger partial charge in [-0.25, -0.2) is 4.68 Å². The Balaban J connectivity index is 1.52. The van der Waals surface area contributed by atoms with Gasteiger partial charge in [0.05, 0.1) is 17.3 Å². The number of halogens is 1. The van der Waals surface area contributed by atoms with Crippen LogP contribution in [-0.4, -0.2) is 33.2 Å². The van der Waals surface area contributed by atoms with Crippen molar-refractivity contribution in [2.45, 2.75) is 83.3 Å². The van der Waals surface area contributed by atoms with Gasteiger partial charge in [0.15, 0.2) is 0 Å². The number of nitrogens with one attached hydrogen (secondary N) is 2. The minimum absolute atomic E-state index is 0.0579. The van der Waals surface area contributed by atoms with E-state index in [1.54, 1.807) is 17.8 Å². The summed E-state index contributed by atoms with van der Waals surface area (Å²) in [5.74, 6) is 1.55. The van der Waals surface area contributed by atoms with Crippen LogP contribution in [0.15, 0.2) is 6.20 Å². The van der Waals surface area contributed by atoms with Crippen molar-refractivity contribution >= 4 is 23.4 Å². The second-order valence-corrected chi connectivity index (χ2v) is 10.5. The van der Waals surface area contributed by atoms with Crippen molar-refractivity contribution in [2.24, 2.45) is 17.8 Å². The minimum Gasteiger partial charge on any atom is -0.351 e. The monoisotopic (exact) mass is 406 g/mol. The maximum absolute atomic E-state index is 13.0.